The highest BCUT2D eigenvalue weighted by Crippen LogP contribution is 2.27. The third-order valence-corrected chi connectivity index (χ3v) is 2.08. The van der Waals surface area contributed by atoms with Gasteiger partial charge >= 0.3 is 0 Å². The van der Waals surface area contributed by atoms with Gasteiger partial charge in [0.2, 0.25) is 0 Å². The Hall–Kier alpha value is -1.45. The Kier molecular flexibility index (Phi) is 4.74. The molecule has 0 aromatic carbocycles. The molecular weight excluding hydrogens is 192 g/mol. The normalized spacial score (nSPS) is 10.0. The molecule has 0 aliphatic rings. The van der Waals surface area contributed by atoms with Crippen LogP contribution in [0.15, 0.2) is 12.3 Å². The van der Waals surface area contributed by atoms with Gasteiger partial charge in [0.1, 0.15) is 5.82 Å². The number of hydrogen-bond acceptors (Lipinski definition) is 4. The van der Waals surface area contributed by atoms with Gasteiger partial charge in [-0.15, -0.1) is 0 Å². The fraction of sp³-hybridized carbons (Fsp3) is 0.545. The summed E-state index contributed by atoms with van der Waals surface area (Å²) in [5.41, 5.74) is 5.57. The molecule has 0 saturated heterocycles. The van der Waals surface area contributed by atoms with Crippen LogP contribution in [0.25, 0.3) is 0 Å². The highest BCUT2D eigenvalue weighted by atomic mass is 16.5. The lowest BCUT2D eigenvalue weighted by molar-refractivity contribution is 0.285. The summed E-state index contributed by atoms with van der Waals surface area (Å²) in [4.78, 5) is 3.93. The largest absolute Gasteiger partial charge is 0.491 e. The molecule has 4 nitrogen and oxygen atoms in total. The van der Waals surface area contributed by atoms with Gasteiger partial charge in [0.25, 0.3) is 0 Å². The van der Waals surface area contributed by atoms with E-state index in [-0.39, 0.29) is 0 Å². The van der Waals surface area contributed by atoms with Gasteiger partial charge in [0, 0.05) is 6.07 Å². The fourth-order valence-corrected chi connectivity index (χ4v) is 1.24. The molecule has 0 saturated carbocycles. The van der Waals surface area contributed by atoms with Gasteiger partial charge in [0.15, 0.2) is 11.5 Å². The van der Waals surface area contributed by atoms with E-state index in [0.717, 1.165) is 6.42 Å². The number of aromatic nitrogens is 1. The van der Waals surface area contributed by atoms with Crippen LogP contribution in [0.3, 0.4) is 0 Å². The van der Waals surface area contributed by atoms with Crippen LogP contribution < -0.4 is 15.2 Å². The van der Waals surface area contributed by atoms with Gasteiger partial charge in [-0.25, -0.2) is 4.98 Å². The molecular formula is C11H18N2O2. The summed E-state index contributed by atoms with van der Waals surface area (Å²) in [6.07, 6.45) is 4.97. The van der Waals surface area contributed by atoms with Gasteiger partial charge in [-0.05, 0) is 6.42 Å². The van der Waals surface area contributed by atoms with E-state index in [1.165, 1.54) is 12.8 Å². The third kappa shape index (κ3) is 3.65. The van der Waals surface area contributed by atoms with Crippen LogP contribution in [-0.2, 0) is 0 Å². The molecule has 1 aromatic heterocycles. The molecule has 4 heteroatoms. The molecule has 15 heavy (non-hydrogen) atoms. The van der Waals surface area contributed by atoms with Crippen LogP contribution in [0, 0.1) is 0 Å². The smallest absolute Gasteiger partial charge is 0.179 e. The standard InChI is InChI=1S/C11H18N2O2/c1-3-4-5-6-15-9-7-11(12)13-8-10(9)14-2/h7-8H,3-6H2,1-2H3,(H2,12,13). The lowest BCUT2D eigenvalue weighted by Gasteiger charge is -2.10. The van der Waals surface area contributed by atoms with Crippen molar-refractivity contribution in [2.45, 2.75) is 26.2 Å². The van der Waals surface area contributed by atoms with Gasteiger partial charge < -0.3 is 15.2 Å². The number of methoxy groups -OCH3 is 1. The minimum Gasteiger partial charge on any atom is -0.491 e. The molecule has 2 N–H and O–H groups in total. The van der Waals surface area contributed by atoms with Crippen LogP contribution in [0.4, 0.5) is 5.82 Å². The van der Waals surface area contributed by atoms with Crippen LogP contribution >= 0.6 is 0 Å². The van der Waals surface area contributed by atoms with Crippen molar-refractivity contribution in [2.24, 2.45) is 0 Å². The predicted molar refractivity (Wildman–Crippen MR) is 60.2 cm³/mol. The topological polar surface area (TPSA) is 57.4 Å². The molecule has 0 aliphatic carbocycles. The van der Waals surface area contributed by atoms with E-state index >= 15 is 0 Å². The maximum Gasteiger partial charge on any atom is 0.179 e. The van der Waals surface area contributed by atoms with E-state index in [9.17, 15) is 0 Å². The molecule has 0 fully saturated rings. The summed E-state index contributed by atoms with van der Waals surface area (Å²) in [6, 6.07) is 1.69. The van der Waals surface area contributed by atoms with Crippen molar-refractivity contribution in [2.75, 3.05) is 19.5 Å². The van der Waals surface area contributed by atoms with Crippen molar-refractivity contribution < 1.29 is 9.47 Å². The summed E-state index contributed by atoms with van der Waals surface area (Å²) < 4.78 is 10.7. The molecule has 84 valence electrons. The van der Waals surface area contributed by atoms with Crippen molar-refractivity contribution >= 4 is 5.82 Å². The fourth-order valence-electron chi connectivity index (χ4n) is 1.24. The number of rotatable bonds is 6. The van der Waals surface area contributed by atoms with Gasteiger partial charge in [-0.2, -0.15) is 0 Å². The maximum atomic E-state index is 5.57. The van der Waals surface area contributed by atoms with E-state index in [1.54, 1.807) is 19.4 Å². The van der Waals surface area contributed by atoms with Crippen molar-refractivity contribution in [1.29, 1.82) is 0 Å². The van der Waals surface area contributed by atoms with Crippen LogP contribution in [0.1, 0.15) is 26.2 Å². The van der Waals surface area contributed by atoms with E-state index in [4.69, 9.17) is 15.2 Å². The van der Waals surface area contributed by atoms with Gasteiger partial charge in [0.05, 0.1) is 19.9 Å². The number of unbranched alkanes of at least 4 members (excludes halogenated alkanes) is 2. The molecule has 1 rings (SSSR count). The quantitative estimate of drug-likeness (QED) is 0.731. The van der Waals surface area contributed by atoms with Gasteiger partial charge in [-0.3, -0.25) is 0 Å². The Morgan fingerprint density at radius 3 is 2.80 bits per heavy atom. The second-order valence-electron chi connectivity index (χ2n) is 3.32. The Bertz CT molecular complexity index is 303. The van der Waals surface area contributed by atoms with Crippen molar-refractivity contribution in [3.8, 4) is 11.5 Å². The highest BCUT2D eigenvalue weighted by molar-refractivity contribution is 5.45. The number of nitrogens with two attached hydrogens (primary N) is 1. The monoisotopic (exact) mass is 210 g/mol. The molecule has 1 aromatic rings. The predicted octanol–water partition coefficient (Wildman–Crippen LogP) is 2.24. The zero-order valence-electron chi connectivity index (χ0n) is 9.32. The maximum absolute atomic E-state index is 5.57. The van der Waals surface area contributed by atoms with Crippen LogP contribution in [0.2, 0.25) is 0 Å². The molecule has 0 aliphatic heterocycles. The molecule has 1 heterocycles. The summed E-state index contributed by atoms with van der Waals surface area (Å²) in [7, 11) is 1.59. The van der Waals surface area contributed by atoms with E-state index in [0.29, 0.717) is 23.9 Å². The minimum absolute atomic E-state index is 0.446. The van der Waals surface area contributed by atoms with Gasteiger partial charge in [-0.1, -0.05) is 19.8 Å². The minimum atomic E-state index is 0.446. The second kappa shape index (κ2) is 6.11. The summed E-state index contributed by atoms with van der Waals surface area (Å²) in [6.45, 7) is 2.85. The Morgan fingerprint density at radius 1 is 1.33 bits per heavy atom. The summed E-state index contributed by atoms with van der Waals surface area (Å²) >= 11 is 0. The first-order valence-corrected chi connectivity index (χ1v) is 5.20. The first kappa shape index (κ1) is 11.6. The SMILES string of the molecule is CCCCCOc1cc(N)ncc1OC. The first-order valence-electron chi connectivity index (χ1n) is 5.20. The number of hydrogen-bond donors (Lipinski definition) is 1. The van der Waals surface area contributed by atoms with Crippen molar-refractivity contribution in [3.63, 3.8) is 0 Å². The molecule has 0 bridgehead atoms. The second-order valence-corrected chi connectivity index (χ2v) is 3.32. The van der Waals surface area contributed by atoms with E-state index in [1.807, 2.05) is 0 Å². The molecule has 0 unspecified atom stereocenters. The lowest BCUT2D eigenvalue weighted by atomic mass is 10.3. The number of nitrogen functional groups attached to an aromatic ring is 1. The highest BCUT2D eigenvalue weighted by Gasteiger charge is 2.04. The summed E-state index contributed by atoms with van der Waals surface area (Å²) in [5, 5.41) is 0. The van der Waals surface area contributed by atoms with Crippen molar-refractivity contribution in [1.82, 2.24) is 4.98 Å². The Morgan fingerprint density at radius 2 is 2.13 bits per heavy atom. The average molecular weight is 210 g/mol. The lowest BCUT2D eigenvalue weighted by Crippen LogP contribution is -2.01. The Labute approximate surface area is 90.4 Å². The number of anilines is 1. The van der Waals surface area contributed by atoms with E-state index < -0.39 is 0 Å². The van der Waals surface area contributed by atoms with Crippen LogP contribution in [0.5, 0.6) is 11.5 Å². The number of ether oxygens (including phenoxy) is 2. The summed E-state index contributed by atoms with van der Waals surface area (Å²) in [5.74, 6) is 1.74. The Balaban J connectivity index is 2.54. The first-order chi connectivity index (χ1) is 7.27. The molecule has 0 atom stereocenters. The van der Waals surface area contributed by atoms with Crippen LogP contribution in [-0.4, -0.2) is 18.7 Å². The zero-order chi connectivity index (χ0) is 11.1. The molecule has 0 radical (unpaired) electrons. The van der Waals surface area contributed by atoms with Crippen molar-refractivity contribution in [3.05, 3.63) is 12.3 Å². The molecule has 0 amide bonds. The molecule has 0 spiro atoms. The zero-order valence-corrected chi connectivity index (χ0v) is 9.32. The number of pyridine rings is 1. The third-order valence-electron chi connectivity index (χ3n) is 2.08. The van der Waals surface area contributed by atoms with E-state index in [2.05, 4.69) is 11.9 Å². The average Bonchev–Trinajstić information content (AvgIpc) is 2.25. The number of nitrogens with zero attached hydrogens (tertiary/aromatic N) is 1.